The van der Waals surface area contributed by atoms with Gasteiger partial charge in [0, 0.05) is 6.04 Å². The van der Waals surface area contributed by atoms with Crippen LogP contribution in [0.1, 0.15) is 51.6 Å². The van der Waals surface area contributed by atoms with E-state index in [-0.39, 0.29) is 0 Å². The first-order valence-corrected chi connectivity index (χ1v) is 6.74. The van der Waals surface area contributed by atoms with Crippen LogP contribution in [0.15, 0.2) is 24.3 Å². The molecule has 0 bridgehead atoms. The van der Waals surface area contributed by atoms with Crippen LogP contribution in [0, 0.1) is 0 Å². The average Bonchev–Trinajstić information content (AvgIpc) is 2.36. The van der Waals surface area contributed by atoms with Crippen molar-refractivity contribution in [3.63, 3.8) is 0 Å². The second-order valence-corrected chi connectivity index (χ2v) is 4.45. The highest BCUT2D eigenvalue weighted by Gasteiger charge is 2.04. The van der Waals surface area contributed by atoms with Crippen LogP contribution in [0.3, 0.4) is 0 Å². The highest BCUT2D eigenvalue weighted by molar-refractivity contribution is 5.30. The maximum absolute atomic E-state index is 5.71. The largest absolute Gasteiger partial charge is 0.494 e. The SMILES string of the molecule is CCCCOc1cccc([C@@H](C)NCCC)c1. The van der Waals surface area contributed by atoms with Gasteiger partial charge in [-0.2, -0.15) is 0 Å². The van der Waals surface area contributed by atoms with E-state index in [0.29, 0.717) is 6.04 Å². The Morgan fingerprint density at radius 3 is 2.76 bits per heavy atom. The van der Waals surface area contributed by atoms with Crippen molar-refractivity contribution in [2.24, 2.45) is 0 Å². The molecular formula is C15H25NO. The Hall–Kier alpha value is -1.02. The van der Waals surface area contributed by atoms with Crippen LogP contribution in [0.5, 0.6) is 5.75 Å². The molecule has 0 radical (unpaired) electrons. The number of benzene rings is 1. The van der Waals surface area contributed by atoms with Gasteiger partial charge in [0.2, 0.25) is 0 Å². The molecule has 0 saturated heterocycles. The second-order valence-electron chi connectivity index (χ2n) is 4.45. The Bertz CT molecular complexity index is 312. The van der Waals surface area contributed by atoms with E-state index < -0.39 is 0 Å². The summed E-state index contributed by atoms with van der Waals surface area (Å²) in [6.45, 7) is 8.43. The van der Waals surface area contributed by atoms with E-state index in [9.17, 15) is 0 Å². The van der Waals surface area contributed by atoms with Gasteiger partial charge < -0.3 is 10.1 Å². The smallest absolute Gasteiger partial charge is 0.119 e. The van der Waals surface area contributed by atoms with Crippen molar-refractivity contribution < 1.29 is 4.74 Å². The summed E-state index contributed by atoms with van der Waals surface area (Å²) in [6, 6.07) is 8.79. The van der Waals surface area contributed by atoms with Crippen molar-refractivity contribution in [2.75, 3.05) is 13.2 Å². The second kappa shape index (κ2) is 8.13. The third kappa shape index (κ3) is 5.22. The van der Waals surface area contributed by atoms with Gasteiger partial charge >= 0.3 is 0 Å². The molecule has 1 rings (SSSR count). The van der Waals surface area contributed by atoms with Gasteiger partial charge in [-0.15, -0.1) is 0 Å². The summed E-state index contributed by atoms with van der Waals surface area (Å²) in [5.41, 5.74) is 1.30. The van der Waals surface area contributed by atoms with Crippen LogP contribution in [0.25, 0.3) is 0 Å². The minimum Gasteiger partial charge on any atom is -0.494 e. The number of rotatable bonds is 8. The first-order chi connectivity index (χ1) is 8.27. The number of unbranched alkanes of at least 4 members (excludes halogenated alkanes) is 1. The fourth-order valence-electron chi connectivity index (χ4n) is 1.69. The lowest BCUT2D eigenvalue weighted by Crippen LogP contribution is -2.19. The zero-order chi connectivity index (χ0) is 12.5. The normalized spacial score (nSPS) is 12.4. The van der Waals surface area contributed by atoms with E-state index in [1.54, 1.807) is 0 Å². The molecule has 0 amide bonds. The molecule has 0 aliphatic heterocycles. The predicted molar refractivity (Wildman–Crippen MR) is 73.6 cm³/mol. The van der Waals surface area contributed by atoms with Gasteiger partial charge in [0.15, 0.2) is 0 Å². The highest BCUT2D eigenvalue weighted by atomic mass is 16.5. The lowest BCUT2D eigenvalue weighted by Gasteiger charge is -2.15. The molecule has 0 aliphatic rings. The van der Waals surface area contributed by atoms with Gasteiger partial charge in [0.25, 0.3) is 0 Å². The molecular weight excluding hydrogens is 210 g/mol. The molecule has 0 unspecified atom stereocenters. The van der Waals surface area contributed by atoms with Gasteiger partial charge in [0.05, 0.1) is 6.61 Å². The van der Waals surface area contributed by atoms with Gasteiger partial charge in [-0.3, -0.25) is 0 Å². The van der Waals surface area contributed by atoms with E-state index in [1.165, 1.54) is 12.0 Å². The van der Waals surface area contributed by atoms with Gasteiger partial charge in [-0.25, -0.2) is 0 Å². The summed E-state index contributed by atoms with van der Waals surface area (Å²) in [5, 5.41) is 3.49. The van der Waals surface area contributed by atoms with E-state index in [0.717, 1.165) is 31.7 Å². The summed E-state index contributed by atoms with van der Waals surface area (Å²) in [5.74, 6) is 0.987. The molecule has 1 aromatic carbocycles. The number of hydrogen-bond acceptors (Lipinski definition) is 2. The summed E-state index contributed by atoms with van der Waals surface area (Å²) >= 11 is 0. The number of ether oxygens (including phenoxy) is 1. The number of hydrogen-bond donors (Lipinski definition) is 1. The third-order valence-corrected chi connectivity index (χ3v) is 2.83. The summed E-state index contributed by atoms with van der Waals surface area (Å²) < 4.78 is 5.71. The topological polar surface area (TPSA) is 21.3 Å². The van der Waals surface area contributed by atoms with Crippen molar-refractivity contribution in [1.82, 2.24) is 5.32 Å². The van der Waals surface area contributed by atoms with Crippen molar-refractivity contribution >= 4 is 0 Å². The van der Waals surface area contributed by atoms with Crippen molar-refractivity contribution in [3.05, 3.63) is 29.8 Å². The van der Waals surface area contributed by atoms with Crippen molar-refractivity contribution in [3.8, 4) is 5.75 Å². The first-order valence-electron chi connectivity index (χ1n) is 6.74. The molecule has 0 fully saturated rings. The summed E-state index contributed by atoms with van der Waals surface area (Å²) in [7, 11) is 0. The van der Waals surface area contributed by atoms with Gasteiger partial charge in [0.1, 0.15) is 5.75 Å². The fourth-order valence-corrected chi connectivity index (χ4v) is 1.69. The molecule has 96 valence electrons. The zero-order valence-corrected chi connectivity index (χ0v) is 11.3. The monoisotopic (exact) mass is 235 g/mol. The Morgan fingerprint density at radius 1 is 1.24 bits per heavy atom. The van der Waals surface area contributed by atoms with E-state index >= 15 is 0 Å². The molecule has 2 heteroatoms. The molecule has 2 nitrogen and oxygen atoms in total. The maximum atomic E-state index is 5.71. The number of nitrogens with one attached hydrogen (secondary N) is 1. The van der Waals surface area contributed by atoms with Crippen molar-refractivity contribution in [1.29, 1.82) is 0 Å². The Balaban J connectivity index is 2.52. The van der Waals surface area contributed by atoms with E-state index in [2.05, 4.69) is 44.3 Å². The molecule has 1 N–H and O–H groups in total. The quantitative estimate of drug-likeness (QED) is 0.689. The average molecular weight is 235 g/mol. The molecule has 0 aliphatic carbocycles. The van der Waals surface area contributed by atoms with Crippen molar-refractivity contribution in [2.45, 2.75) is 46.1 Å². The molecule has 1 aromatic rings. The first kappa shape index (κ1) is 14.0. The van der Waals surface area contributed by atoms with Gasteiger partial charge in [-0.1, -0.05) is 32.4 Å². The molecule has 0 aromatic heterocycles. The predicted octanol–water partition coefficient (Wildman–Crippen LogP) is 3.93. The minimum absolute atomic E-state index is 0.393. The van der Waals surface area contributed by atoms with E-state index in [1.807, 2.05) is 6.07 Å². The lowest BCUT2D eigenvalue weighted by atomic mass is 10.1. The lowest BCUT2D eigenvalue weighted by molar-refractivity contribution is 0.309. The third-order valence-electron chi connectivity index (χ3n) is 2.83. The molecule has 17 heavy (non-hydrogen) atoms. The van der Waals surface area contributed by atoms with E-state index in [4.69, 9.17) is 4.74 Å². The standard InChI is InChI=1S/C15H25NO/c1-4-6-11-17-15-9-7-8-14(12-15)13(3)16-10-5-2/h7-9,12-13,16H,4-6,10-11H2,1-3H3/t13-/m1/s1. The van der Waals surface area contributed by atoms with Crippen LogP contribution >= 0.6 is 0 Å². The minimum atomic E-state index is 0.393. The van der Waals surface area contributed by atoms with Crippen LogP contribution < -0.4 is 10.1 Å². The molecule has 0 heterocycles. The fraction of sp³-hybridized carbons (Fsp3) is 0.600. The molecule has 0 spiro atoms. The Morgan fingerprint density at radius 2 is 2.06 bits per heavy atom. The highest BCUT2D eigenvalue weighted by Crippen LogP contribution is 2.19. The van der Waals surface area contributed by atoms with Crippen LogP contribution in [-0.2, 0) is 0 Å². The van der Waals surface area contributed by atoms with Crippen LogP contribution in [-0.4, -0.2) is 13.2 Å². The summed E-state index contributed by atoms with van der Waals surface area (Å²) in [6.07, 6.45) is 3.46. The van der Waals surface area contributed by atoms with Crippen LogP contribution in [0.4, 0.5) is 0 Å². The Kier molecular flexibility index (Phi) is 6.71. The Labute approximate surface area is 105 Å². The summed E-state index contributed by atoms with van der Waals surface area (Å²) in [4.78, 5) is 0. The molecule has 0 saturated carbocycles. The zero-order valence-electron chi connectivity index (χ0n) is 11.3. The van der Waals surface area contributed by atoms with Gasteiger partial charge in [-0.05, 0) is 44.0 Å². The maximum Gasteiger partial charge on any atom is 0.119 e. The molecule has 1 atom stereocenters. The van der Waals surface area contributed by atoms with Crippen LogP contribution in [0.2, 0.25) is 0 Å².